The van der Waals surface area contributed by atoms with Crippen LogP contribution in [0.2, 0.25) is 0 Å². The van der Waals surface area contributed by atoms with E-state index in [1.54, 1.807) is 0 Å². The molecule has 19 heavy (non-hydrogen) atoms. The summed E-state index contributed by atoms with van der Waals surface area (Å²) in [5, 5.41) is 2.98. The number of rotatable bonds is 3. The van der Waals surface area contributed by atoms with Crippen molar-refractivity contribution in [2.24, 2.45) is 5.73 Å². The average molecular weight is 260 g/mol. The number of amides is 1. The van der Waals surface area contributed by atoms with Crippen molar-refractivity contribution in [2.75, 3.05) is 5.32 Å². The zero-order valence-electron chi connectivity index (χ0n) is 11.9. The number of benzene rings is 1. The average Bonchev–Trinajstić information content (AvgIpc) is 2.40. The second-order valence-corrected chi connectivity index (χ2v) is 5.95. The molecular weight excluding hydrogens is 236 g/mol. The van der Waals surface area contributed by atoms with Crippen molar-refractivity contribution in [3.63, 3.8) is 0 Å². The number of anilines is 1. The molecule has 0 aromatic heterocycles. The Morgan fingerprint density at radius 3 is 2.58 bits per heavy atom. The highest BCUT2D eigenvalue weighted by molar-refractivity contribution is 5.98. The summed E-state index contributed by atoms with van der Waals surface area (Å²) in [6.07, 6.45) is 4.88. The zero-order valence-corrected chi connectivity index (χ0v) is 11.9. The monoisotopic (exact) mass is 260 g/mol. The van der Waals surface area contributed by atoms with Gasteiger partial charge in [0.2, 0.25) is 5.91 Å². The lowest BCUT2D eigenvalue weighted by molar-refractivity contribution is -0.122. The van der Waals surface area contributed by atoms with Gasteiger partial charge in [-0.1, -0.05) is 45.2 Å². The van der Waals surface area contributed by atoms with Crippen molar-refractivity contribution in [3.8, 4) is 0 Å². The van der Waals surface area contributed by atoms with Gasteiger partial charge in [-0.25, -0.2) is 0 Å². The normalized spacial score (nSPS) is 18.3. The lowest BCUT2D eigenvalue weighted by atomic mass is 9.82. The van der Waals surface area contributed by atoms with E-state index >= 15 is 0 Å². The van der Waals surface area contributed by atoms with Gasteiger partial charge in [-0.3, -0.25) is 4.79 Å². The molecular formula is C16H24N2O. The van der Waals surface area contributed by atoms with Gasteiger partial charge in [0, 0.05) is 5.69 Å². The number of hydrogen-bond acceptors (Lipinski definition) is 2. The Hall–Kier alpha value is -1.35. The molecule has 1 aliphatic carbocycles. The summed E-state index contributed by atoms with van der Waals surface area (Å²) >= 11 is 0. The maximum Gasteiger partial charge on any atom is 0.244 e. The molecule has 1 aliphatic rings. The molecule has 3 N–H and O–H groups in total. The molecule has 0 spiro atoms. The molecule has 0 unspecified atom stereocenters. The molecule has 104 valence electrons. The summed E-state index contributed by atoms with van der Waals surface area (Å²) in [6.45, 7) is 4.29. The highest BCUT2D eigenvalue weighted by Crippen LogP contribution is 2.27. The molecule has 1 fully saturated rings. The van der Waals surface area contributed by atoms with Gasteiger partial charge >= 0.3 is 0 Å². The predicted octanol–water partition coefficient (Wildman–Crippen LogP) is 3.41. The van der Waals surface area contributed by atoms with Gasteiger partial charge < -0.3 is 11.1 Å². The number of carbonyl (C=O) groups excluding carboxylic acids is 1. The Bertz CT molecular complexity index is 448. The van der Waals surface area contributed by atoms with E-state index < -0.39 is 5.54 Å². The lowest BCUT2D eigenvalue weighted by Crippen LogP contribution is -2.52. The topological polar surface area (TPSA) is 55.1 Å². The van der Waals surface area contributed by atoms with Crippen LogP contribution < -0.4 is 11.1 Å². The Balaban J connectivity index is 2.08. The molecule has 0 bridgehead atoms. The molecule has 0 atom stereocenters. The standard InChI is InChI=1S/C16H24N2O/c1-12(2)13-7-6-8-14(11-13)18-15(19)16(17)9-4-3-5-10-16/h6-8,11-12H,3-5,9-10,17H2,1-2H3,(H,18,19). The summed E-state index contributed by atoms with van der Waals surface area (Å²) in [5.41, 5.74) is 7.64. The van der Waals surface area contributed by atoms with E-state index in [2.05, 4.69) is 25.2 Å². The number of nitrogens with one attached hydrogen (secondary N) is 1. The zero-order chi connectivity index (χ0) is 13.9. The van der Waals surface area contributed by atoms with Crippen molar-refractivity contribution in [1.29, 1.82) is 0 Å². The van der Waals surface area contributed by atoms with E-state index in [0.29, 0.717) is 5.92 Å². The molecule has 2 rings (SSSR count). The van der Waals surface area contributed by atoms with Crippen LogP contribution in [0.4, 0.5) is 5.69 Å². The van der Waals surface area contributed by atoms with Crippen LogP contribution in [-0.2, 0) is 4.79 Å². The van der Waals surface area contributed by atoms with Crippen molar-refractivity contribution < 1.29 is 4.79 Å². The van der Waals surface area contributed by atoms with Crippen LogP contribution in [0.15, 0.2) is 24.3 Å². The van der Waals surface area contributed by atoms with Crippen LogP contribution in [-0.4, -0.2) is 11.4 Å². The number of carbonyl (C=O) groups is 1. The van der Waals surface area contributed by atoms with Crippen LogP contribution in [0, 0.1) is 0 Å². The maximum absolute atomic E-state index is 12.3. The lowest BCUT2D eigenvalue weighted by Gasteiger charge is -2.31. The van der Waals surface area contributed by atoms with Crippen molar-refractivity contribution in [3.05, 3.63) is 29.8 Å². The molecule has 0 saturated heterocycles. The van der Waals surface area contributed by atoms with Gasteiger partial charge in [0.25, 0.3) is 0 Å². The van der Waals surface area contributed by atoms with Gasteiger partial charge in [-0.2, -0.15) is 0 Å². The SMILES string of the molecule is CC(C)c1cccc(NC(=O)C2(N)CCCCC2)c1. The van der Waals surface area contributed by atoms with E-state index in [-0.39, 0.29) is 5.91 Å². The minimum absolute atomic E-state index is 0.0342. The van der Waals surface area contributed by atoms with Crippen LogP contribution in [0.3, 0.4) is 0 Å². The predicted molar refractivity (Wildman–Crippen MR) is 79.2 cm³/mol. The molecule has 0 aliphatic heterocycles. The third-order valence-electron chi connectivity index (χ3n) is 4.01. The van der Waals surface area contributed by atoms with Crippen molar-refractivity contribution in [2.45, 2.75) is 57.4 Å². The number of nitrogens with two attached hydrogens (primary N) is 1. The molecule has 0 radical (unpaired) electrons. The van der Waals surface area contributed by atoms with Crippen LogP contribution in [0.1, 0.15) is 57.4 Å². The van der Waals surface area contributed by atoms with E-state index in [1.165, 1.54) is 12.0 Å². The van der Waals surface area contributed by atoms with Crippen LogP contribution in [0.5, 0.6) is 0 Å². The minimum Gasteiger partial charge on any atom is -0.324 e. The highest BCUT2D eigenvalue weighted by Gasteiger charge is 2.35. The fraction of sp³-hybridized carbons (Fsp3) is 0.562. The van der Waals surface area contributed by atoms with E-state index in [0.717, 1.165) is 31.4 Å². The highest BCUT2D eigenvalue weighted by atomic mass is 16.2. The third-order valence-corrected chi connectivity index (χ3v) is 4.01. The fourth-order valence-corrected chi connectivity index (χ4v) is 2.64. The molecule has 1 aromatic carbocycles. The van der Waals surface area contributed by atoms with E-state index in [1.807, 2.05) is 18.2 Å². The van der Waals surface area contributed by atoms with Crippen LogP contribution >= 0.6 is 0 Å². The molecule has 1 amide bonds. The third kappa shape index (κ3) is 3.35. The Labute approximate surface area is 115 Å². The largest absolute Gasteiger partial charge is 0.324 e. The van der Waals surface area contributed by atoms with Gasteiger partial charge in [0.1, 0.15) is 0 Å². The Kier molecular flexibility index (Phi) is 4.25. The van der Waals surface area contributed by atoms with Crippen molar-refractivity contribution >= 4 is 11.6 Å². The van der Waals surface area contributed by atoms with Gasteiger partial charge in [0.15, 0.2) is 0 Å². The summed E-state index contributed by atoms with van der Waals surface area (Å²) in [7, 11) is 0. The first-order chi connectivity index (χ1) is 9.01. The van der Waals surface area contributed by atoms with Crippen molar-refractivity contribution in [1.82, 2.24) is 0 Å². The smallest absolute Gasteiger partial charge is 0.244 e. The molecule has 1 saturated carbocycles. The first-order valence-electron chi connectivity index (χ1n) is 7.21. The summed E-state index contributed by atoms with van der Waals surface area (Å²) < 4.78 is 0. The summed E-state index contributed by atoms with van der Waals surface area (Å²) in [5.74, 6) is 0.423. The van der Waals surface area contributed by atoms with Gasteiger partial charge in [-0.15, -0.1) is 0 Å². The fourth-order valence-electron chi connectivity index (χ4n) is 2.64. The first kappa shape index (κ1) is 14.1. The minimum atomic E-state index is -0.675. The Morgan fingerprint density at radius 2 is 1.95 bits per heavy atom. The van der Waals surface area contributed by atoms with E-state index in [9.17, 15) is 4.79 Å². The maximum atomic E-state index is 12.3. The Morgan fingerprint density at radius 1 is 1.26 bits per heavy atom. The second kappa shape index (κ2) is 5.74. The van der Waals surface area contributed by atoms with Crippen LogP contribution in [0.25, 0.3) is 0 Å². The quantitative estimate of drug-likeness (QED) is 0.875. The summed E-state index contributed by atoms with van der Waals surface area (Å²) in [4.78, 5) is 12.3. The van der Waals surface area contributed by atoms with Gasteiger partial charge in [-0.05, 0) is 36.5 Å². The molecule has 1 aromatic rings. The summed E-state index contributed by atoms with van der Waals surface area (Å²) in [6, 6.07) is 8.03. The number of hydrogen-bond donors (Lipinski definition) is 2. The molecule has 0 heterocycles. The molecule has 3 heteroatoms. The second-order valence-electron chi connectivity index (χ2n) is 5.95. The first-order valence-corrected chi connectivity index (χ1v) is 7.21. The van der Waals surface area contributed by atoms with Gasteiger partial charge in [0.05, 0.1) is 5.54 Å². The van der Waals surface area contributed by atoms with E-state index in [4.69, 9.17) is 5.73 Å². The molecule has 3 nitrogen and oxygen atoms in total.